The van der Waals surface area contributed by atoms with Crippen LogP contribution in [-0.2, 0) is 21.4 Å². The minimum Gasteiger partial charge on any atom is -0.461 e. The summed E-state index contributed by atoms with van der Waals surface area (Å²) in [5.74, 6) is 1.66. The lowest BCUT2D eigenvalue weighted by Crippen LogP contribution is -2.38. The molecule has 0 aliphatic heterocycles. The molecule has 1 heterocycles. The average Bonchev–Trinajstić information content (AvgIpc) is 3.50. The zero-order valence-corrected chi connectivity index (χ0v) is 29.7. The van der Waals surface area contributed by atoms with Gasteiger partial charge in [-0.3, -0.25) is 4.79 Å². The van der Waals surface area contributed by atoms with Crippen molar-refractivity contribution in [2.75, 3.05) is 0 Å². The fourth-order valence-corrected chi connectivity index (χ4v) is 10.1. The van der Waals surface area contributed by atoms with Gasteiger partial charge in [-0.05, 0) is 132 Å². The number of hydrogen-bond donors (Lipinski definition) is 2. The second-order valence-electron chi connectivity index (χ2n) is 16.3. The van der Waals surface area contributed by atoms with Gasteiger partial charge in [-0.25, -0.2) is 4.98 Å². The van der Waals surface area contributed by atoms with Gasteiger partial charge in [0.05, 0.1) is 23.0 Å². The molecule has 250 valence electrons. The van der Waals surface area contributed by atoms with Crippen LogP contribution in [0, 0.1) is 28.6 Å². The van der Waals surface area contributed by atoms with Gasteiger partial charge in [0, 0.05) is 17.5 Å². The van der Waals surface area contributed by atoms with Crippen molar-refractivity contribution in [3.63, 3.8) is 0 Å². The summed E-state index contributed by atoms with van der Waals surface area (Å²) >= 11 is 1.85. The fraction of sp³-hybridized carbons (Fsp3) is 0.744. The summed E-state index contributed by atoms with van der Waals surface area (Å²) in [7, 11) is 0. The predicted molar refractivity (Wildman–Crippen MR) is 184 cm³/mol. The topological polar surface area (TPSA) is 79.7 Å². The summed E-state index contributed by atoms with van der Waals surface area (Å²) in [6.45, 7) is 17.2. The molecule has 1 aromatic rings. The lowest BCUT2D eigenvalue weighted by atomic mass is 9.60. The fourth-order valence-electron chi connectivity index (χ4n) is 8.86. The summed E-state index contributed by atoms with van der Waals surface area (Å²) in [6.07, 6.45) is 19.8. The van der Waals surface area contributed by atoms with E-state index in [1.807, 2.05) is 32.1 Å². The number of allylic oxidation sites excluding steroid dienone is 3. The molecule has 0 aromatic carbocycles. The maximum absolute atomic E-state index is 13.3. The third kappa shape index (κ3) is 7.38. The van der Waals surface area contributed by atoms with Gasteiger partial charge < -0.3 is 14.9 Å². The van der Waals surface area contributed by atoms with Gasteiger partial charge in [-0.1, -0.05) is 51.5 Å². The molecule has 5 rings (SSSR count). The number of nitrogens with zero attached hydrogens (tertiary/aromatic N) is 1. The Morgan fingerprint density at radius 1 is 1.20 bits per heavy atom. The van der Waals surface area contributed by atoms with Gasteiger partial charge in [-0.15, -0.1) is 11.3 Å². The molecule has 45 heavy (non-hydrogen) atoms. The zero-order chi connectivity index (χ0) is 32.6. The van der Waals surface area contributed by atoms with E-state index in [1.165, 1.54) is 54.0 Å². The molecule has 6 heteroatoms. The van der Waals surface area contributed by atoms with Crippen molar-refractivity contribution >= 4 is 17.3 Å². The number of unbranched alkanes of at least 4 members (excludes halogenated alkanes) is 1. The second-order valence-corrected chi connectivity index (χ2v) is 17.4. The number of ether oxygens (including phenoxy) is 1. The number of aliphatic hydroxyl groups excluding tert-OH is 2. The van der Waals surface area contributed by atoms with E-state index < -0.39 is 17.6 Å². The Balaban J connectivity index is 1.30. The first-order valence-corrected chi connectivity index (χ1v) is 18.7. The lowest BCUT2D eigenvalue weighted by Gasteiger charge is -2.44. The predicted octanol–water partition coefficient (Wildman–Crippen LogP) is 9.03. The molecule has 0 spiro atoms. The monoisotopic (exact) mass is 637 g/mol. The molecule has 7 atom stereocenters. The van der Waals surface area contributed by atoms with Gasteiger partial charge in [0.1, 0.15) is 11.1 Å². The van der Waals surface area contributed by atoms with Crippen LogP contribution >= 0.6 is 11.3 Å². The average molecular weight is 638 g/mol. The molecular formula is C39H59NO4S. The Labute approximate surface area is 276 Å². The number of carbonyl (C=O) groups excluding carboxylic acids is 1. The number of aryl methyl sites for hydroxylation is 1. The van der Waals surface area contributed by atoms with Crippen LogP contribution in [0.25, 0.3) is 0 Å². The van der Waals surface area contributed by atoms with E-state index in [-0.39, 0.29) is 22.9 Å². The Morgan fingerprint density at radius 2 is 1.96 bits per heavy atom. The van der Waals surface area contributed by atoms with E-state index in [2.05, 4.69) is 45.7 Å². The standard InChI is InChI=1S/C39H59NO4S/c1-8-9-12-30-24-40-35(45-30)39(20-21-39)34(44-36(43)37(4,5)6)18-13-25(2)31-16-17-32-27(11-10-19-38(31,32)7)14-15-28-22-29(41)23-33(42)26(28)3/h14-15,24-25,29,31-34,41-42H,3,8-13,16-23H2,1-2,4-7H3/b27-14+,28-15-/t25-,29-,31-,32+,33+,34+,38-/m1/s1. The number of carbonyl (C=O) groups is 1. The van der Waals surface area contributed by atoms with Crippen molar-refractivity contribution < 1.29 is 19.7 Å². The second kappa shape index (κ2) is 13.8. The first-order valence-electron chi connectivity index (χ1n) is 17.9. The largest absolute Gasteiger partial charge is 0.461 e. The molecule has 5 nitrogen and oxygen atoms in total. The Kier molecular flexibility index (Phi) is 10.6. The molecule has 4 aliphatic carbocycles. The van der Waals surface area contributed by atoms with Crippen LogP contribution in [0.5, 0.6) is 0 Å². The summed E-state index contributed by atoms with van der Waals surface area (Å²) in [6, 6.07) is 0. The summed E-state index contributed by atoms with van der Waals surface area (Å²) in [4.78, 5) is 19.5. The number of rotatable bonds is 11. The number of hydrogen-bond acceptors (Lipinski definition) is 6. The van der Waals surface area contributed by atoms with Crippen LogP contribution in [-0.4, -0.2) is 39.5 Å². The van der Waals surface area contributed by atoms with Crippen molar-refractivity contribution in [1.82, 2.24) is 4.98 Å². The maximum atomic E-state index is 13.3. The van der Waals surface area contributed by atoms with Gasteiger partial charge in [0.25, 0.3) is 0 Å². The first-order chi connectivity index (χ1) is 21.3. The van der Waals surface area contributed by atoms with E-state index in [1.54, 1.807) is 0 Å². The van der Waals surface area contributed by atoms with Crippen LogP contribution in [0.4, 0.5) is 0 Å². The number of esters is 1. The van der Waals surface area contributed by atoms with Crippen molar-refractivity contribution in [3.05, 3.63) is 51.5 Å². The van der Waals surface area contributed by atoms with E-state index in [0.717, 1.165) is 49.7 Å². The molecule has 0 radical (unpaired) electrons. The Morgan fingerprint density at radius 3 is 2.64 bits per heavy atom. The SMILES string of the molecule is C=C1/C(=C\C=C2/CCC[C@]3(C)[C@@H]([C@H](C)CC[C@H](OC(=O)C(C)(C)C)C4(c5ncc(CCCC)s5)CC4)CC[C@@H]23)C[C@@H](O)C[C@@H]1O. The maximum Gasteiger partial charge on any atom is 0.311 e. The van der Waals surface area contributed by atoms with Crippen molar-refractivity contribution in [3.8, 4) is 0 Å². The van der Waals surface area contributed by atoms with Gasteiger partial charge in [0.15, 0.2) is 0 Å². The molecule has 1 aromatic heterocycles. The molecular weight excluding hydrogens is 578 g/mol. The van der Waals surface area contributed by atoms with Crippen LogP contribution in [0.15, 0.2) is 41.6 Å². The molecule has 4 fully saturated rings. The normalized spacial score (nSPS) is 32.8. The first kappa shape index (κ1) is 34.6. The van der Waals surface area contributed by atoms with Crippen LogP contribution in [0.2, 0.25) is 0 Å². The Bertz CT molecular complexity index is 1280. The highest BCUT2D eigenvalue weighted by Crippen LogP contribution is 2.60. The summed E-state index contributed by atoms with van der Waals surface area (Å²) in [5, 5.41) is 21.7. The summed E-state index contributed by atoms with van der Waals surface area (Å²) in [5.41, 5.74) is 2.91. The molecule has 4 saturated carbocycles. The summed E-state index contributed by atoms with van der Waals surface area (Å²) < 4.78 is 6.43. The van der Waals surface area contributed by atoms with Gasteiger partial charge >= 0.3 is 5.97 Å². The highest BCUT2D eigenvalue weighted by molar-refractivity contribution is 7.11. The van der Waals surface area contributed by atoms with E-state index in [4.69, 9.17) is 9.72 Å². The highest BCUT2D eigenvalue weighted by atomic mass is 32.1. The molecule has 0 unspecified atom stereocenters. The highest BCUT2D eigenvalue weighted by Gasteiger charge is 2.56. The quantitative estimate of drug-likeness (QED) is 0.237. The molecule has 2 N–H and O–H groups in total. The zero-order valence-electron chi connectivity index (χ0n) is 28.9. The Hall–Kier alpha value is -1.76. The molecule has 0 amide bonds. The van der Waals surface area contributed by atoms with Crippen LogP contribution < -0.4 is 0 Å². The van der Waals surface area contributed by atoms with Gasteiger partial charge in [-0.2, -0.15) is 0 Å². The van der Waals surface area contributed by atoms with Gasteiger partial charge in [0.2, 0.25) is 0 Å². The van der Waals surface area contributed by atoms with E-state index in [9.17, 15) is 15.0 Å². The molecule has 0 bridgehead atoms. The third-order valence-electron chi connectivity index (χ3n) is 11.9. The number of aromatic nitrogens is 1. The molecule has 0 saturated heterocycles. The van der Waals surface area contributed by atoms with E-state index in [0.29, 0.717) is 30.6 Å². The molecule has 4 aliphatic rings. The van der Waals surface area contributed by atoms with E-state index >= 15 is 0 Å². The third-order valence-corrected chi connectivity index (χ3v) is 13.2. The number of fused-ring (bicyclic) bond motifs is 1. The van der Waals surface area contributed by atoms with Crippen LogP contribution in [0.1, 0.15) is 135 Å². The van der Waals surface area contributed by atoms with Crippen molar-refractivity contribution in [2.45, 2.75) is 155 Å². The van der Waals surface area contributed by atoms with Crippen molar-refractivity contribution in [2.24, 2.45) is 28.6 Å². The smallest absolute Gasteiger partial charge is 0.311 e. The minimum atomic E-state index is -0.647. The number of thiazole rings is 1. The van der Waals surface area contributed by atoms with Crippen LogP contribution in [0.3, 0.4) is 0 Å². The van der Waals surface area contributed by atoms with Crippen molar-refractivity contribution in [1.29, 1.82) is 0 Å². The number of aliphatic hydroxyl groups is 2. The minimum absolute atomic E-state index is 0.0982. The lowest BCUT2D eigenvalue weighted by molar-refractivity contribution is -0.161.